The van der Waals surface area contributed by atoms with Gasteiger partial charge in [-0.1, -0.05) is 30.2 Å². The summed E-state index contributed by atoms with van der Waals surface area (Å²) in [6, 6.07) is 14.2. The molecule has 0 aliphatic rings. The van der Waals surface area contributed by atoms with Crippen molar-refractivity contribution in [1.29, 1.82) is 0 Å². The minimum absolute atomic E-state index is 0.0305. The maximum atomic E-state index is 12.3. The number of hydrogen-bond donors (Lipinski definition) is 1. The van der Waals surface area contributed by atoms with Crippen molar-refractivity contribution in [3.05, 3.63) is 65.2 Å². The summed E-state index contributed by atoms with van der Waals surface area (Å²) in [5, 5.41) is 0. The lowest BCUT2D eigenvalue weighted by Crippen LogP contribution is -2.03. The number of rotatable bonds is 5. The van der Waals surface area contributed by atoms with Crippen LogP contribution in [0.4, 0.5) is 0 Å². The summed E-state index contributed by atoms with van der Waals surface area (Å²) in [4.78, 5) is 12.3. The lowest BCUT2D eigenvalue weighted by atomic mass is 10.0. The second kappa shape index (κ2) is 6.55. The molecule has 0 saturated carbocycles. The molecule has 2 N–H and O–H groups in total. The SMILES string of the molecule is C#CCOc1ccc(C(=O)c2ccc(CN)cc2)cc1. The van der Waals surface area contributed by atoms with Crippen LogP contribution in [0.25, 0.3) is 0 Å². The number of nitrogens with two attached hydrogens (primary N) is 1. The van der Waals surface area contributed by atoms with Crippen molar-refractivity contribution in [2.45, 2.75) is 6.54 Å². The lowest BCUT2D eigenvalue weighted by Gasteiger charge is -2.05. The zero-order chi connectivity index (χ0) is 14.4. The first-order valence-electron chi connectivity index (χ1n) is 6.24. The van der Waals surface area contributed by atoms with Crippen molar-refractivity contribution in [2.75, 3.05) is 6.61 Å². The maximum Gasteiger partial charge on any atom is 0.193 e. The van der Waals surface area contributed by atoms with E-state index in [2.05, 4.69) is 5.92 Å². The molecule has 0 aromatic heterocycles. The van der Waals surface area contributed by atoms with Crippen molar-refractivity contribution in [1.82, 2.24) is 0 Å². The second-order valence-electron chi connectivity index (χ2n) is 4.25. The highest BCUT2D eigenvalue weighted by Crippen LogP contribution is 2.16. The first kappa shape index (κ1) is 13.9. The van der Waals surface area contributed by atoms with Gasteiger partial charge in [-0.15, -0.1) is 6.42 Å². The summed E-state index contributed by atoms with van der Waals surface area (Å²) in [5.74, 6) is 3.01. The molecule has 0 spiro atoms. The van der Waals surface area contributed by atoms with Crippen molar-refractivity contribution in [3.63, 3.8) is 0 Å². The van der Waals surface area contributed by atoms with Gasteiger partial charge in [0.1, 0.15) is 12.4 Å². The maximum absolute atomic E-state index is 12.3. The molecule has 0 radical (unpaired) electrons. The molecule has 0 bridgehead atoms. The van der Waals surface area contributed by atoms with E-state index in [1.165, 1.54) is 0 Å². The van der Waals surface area contributed by atoms with Gasteiger partial charge in [-0.3, -0.25) is 4.79 Å². The standard InChI is InChI=1S/C17H15NO2/c1-2-11-20-16-9-7-15(8-10-16)17(19)14-5-3-13(12-18)4-6-14/h1,3-10H,11-12,18H2. The quantitative estimate of drug-likeness (QED) is 0.667. The number of ether oxygens (including phenoxy) is 1. The van der Waals surface area contributed by atoms with E-state index in [9.17, 15) is 4.79 Å². The van der Waals surface area contributed by atoms with E-state index in [1.54, 1.807) is 36.4 Å². The van der Waals surface area contributed by atoms with Gasteiger partial charge in [0.05, 0.1) is 0 Å². The molecule has 0 aliphatic carbocycles. The Bertz CT molecular complexity index is 622. The van der Waals surface area contributed by atoms with Crippen LogP contribution in [0.5, 0.6) is 5.75 Å². The molecule has 20 heavy (non-hydrogen) atoms. The van der Waals surface area contributed by atoms with Gasteiger partial charge in [0.25, 0.3) is 0 Å². The van der Waals surface area contributed by atoms with Crippen molar-refractivity contribution in [3.8, 4) is 18.1 Å². The molecule has 100 valence electrons. The molecule has 0 atom stereocenters. The number of benzene rings is 2. The average Bonchev–Trinajstić information content (AvgIpc) is 2.53. The Hall–Kier alpha value is -2.57. The minimum Gasteiger partial charge on any atom is -0.481 e. The van der Waals surface area contributed by atoms with Crippen LogP contribution in [0.3, 0.4) is 0 Å². The molecule has 0 heterocycles. The lowest BCUT2D eigenvalue weighted by molar-refractivity contribution is 0.103. The van der Waals surface area contributed by atoms with E-state index in [0.29, 0.717) is 23.4 Å². The summed E-state index contributed by atoms with van der Waals surface area (Å²) in [6.45, 7) is 0.684. The average molecular weight is 265 g/mol. The molecular weight excluding hydrogens is 250 g/mol. The Balaban J connectivity index is 2.14. The molecule has 2 aromatic rings. The topological polar surface area (TPSA) is 52.3 Å². The van der Waals surface area contributed by atoms with Crippen LogP contribution >= 0.6 is 0 Å². The Morgan fingerprint density at radius 3 is 2.10 bits per heavy atom. The van der Waals surface area contributed by atoms with Gasteiger partial charge in [-0.05, 0) is 29.8 Å². The predicted molar refractivity (Wildman–Crippen MR) is 78.5 cm³/mol. The summed E-state index contributed by atoms with van der Waals surface area (Å²) in [7, 11) is 0. The van der Waals surface area contributed by atoms with Gasteiger partial charge in [-0.25, -0.2) is 0 Å². The fourth-order valence-electron chi connectivity index (χ4n) is 1.79. The van der Waals surface area contributed by atoms with E-state index in [0.717, 1.165) is 5.56 Å². The normalized spacial score (nSPS) is 9.80. The number of carbonyl (C=O) groups excluding carboxylic acids is 1. The number of ketones is 1. The molecule has 0 aliphatic heterocycles. The van der Waals surface area contributed by atoms with Crippen molar-refractivity contribution in [2.24, 2.45) is 5.73 Å². The van der Waals surface area contributed by atoms with Gasteiger partial charge in [0.15, 0.2) is 5.78 Å². The third kappa shape index (κ3) is 3.25. The molecule has 0 saturated heterocycles. The minimum atomic E-state index is -0.0305. The van der Waals surface area contributed by atoms with Gasteiger partial charge in [-0.2, -0.15) is 0 Å². The Morgan fingerprint density at radius 1 is 1.05 bits per heavy atom. The molecule has 0 amide bonds. The van der Waals surface area contributed by atoms with E-state index in [-0.39, 0.29) is 12.4 Å². The fourth-order valence-corrected chi connectivity index (χ4v) is 1.79. The van der Waals surface area contributed by atoms with Gasteiger partial charge in [0, 0.05) is 17.7 Å². The monoisotopic (exact) mass is 265 g/mol. The van der Waals surface area contributed by atoms with E-state index < -0.39 is 0 Å². The van der Waals surface area contributed by atoms with Crippen LogP contribution in [-0.2, 0) is 6.54 Å². The zero-order valence-corrected chi connectivity index (χ0v) is 11.0. The van der Waals surface area contributed by atoms with Crippen LogP contribution < -0.4 is 10.5 Å². The van der Waals surface area contributed by atoms with E-state index in [1.807, 2.05) is 12.1 Å². The van der Waals surface area contributed by atoms with Crippen molar-refractivity contribution < 1.29 is 9.53 Å². The molecule has 3 heteroatoms. The molecule has 3 nitrogen and oxygen atoms in total. The first-order chi connectivity index (χ1) is 9.74. The molecule has 2 rings (SSSR count). The second-order valence-corrected chi connectivity index (χ2v) is 4.25. The molecule has 0 unspecified atom stereocenters. The fraction of sp³-hybridized carbons (Fsp3) is 0.118. The van der Waals surface area contributed by atoms with Gasteiger partial charge < -0.3 is 10.5 Å². The zero-order valence-electron chi connectivity index (χ0n) is 11.0. The molecule has 0 fully saturated rings. The Labute approximate surface area is 118 Å². The van der Waals surface area contributed by atoms with E-state index in [4.69, 9.17) is 16.9 Å². The van der Waals surface area contributed by atoms with Crippen LogP contribution in [-0.4, -0.2) is 12.4 Å². The smallest absolute Gasteiger partial charge is 0.193 e. The number of hydrogen-bond acceptors (Lipinski definition) is 3. The highest BCUT2D eigenvalue weighted by atomic mass is 16.5. The van der Waals surface area contributed by atoms with Crippen molar-refractivity contribution >= 4 is 5.78 Å². The molecule has 2 aromatic carbocycles. The third-order valence-electron chi connectivity index (χ3n) is 2.89. The molecular formula is C17H15NO2. The number of terminal acetylenes is 1. The third-order valence-corrected chi connectivity index (χ3v) is 2.89. The summed E-state index contributed by atoms with van der Waals surface area (Å²) in [5.41, 5.74) is 7.78. The summed E-state index contributed by atoms with van der Waals surface area (Å²) < 4.78 is 5.26. The van der Waals surface area contributed by atoms with Gasteiger partial charge >= 0.3 is 0 Å². The van der Waals surface area contributed by atoms with E-state index >= 15 is 0 Å². The Kier molecular flexibility index (Phi) is 4.54. The summed E-state index contributed by atoms with van der Waals surface area (Å²) in [6.07, 6.45) is 5.12. The largest absolute Gasteiger partial charge is 0.481 e. The van der Waals surface area contributed by atoms with Crippen LogP contribution in [0.2, 0.25) is 0 Å². The number of carbonyl (C=O) groups is 1. The highest BCUT2D eigenvalue weighted by Gasteiger charge is 2.08. The van der Waals surface area contributed by atoms with Crippen LogP contribution in [0.15, 0.2) is 48.5 Å². The van der Waals surface area contributed by atoms with Crippen LogP contribution in [0.1, 0.15) is 21.5 Å². The Morgan fingerprint density at radius 2 is 1.60 bits per heavy atom. The van der Waals surface area contributed by atoms with Crippen LogP contribution in [0, 0.1) is 12.3 Å². The van der Waals surface area contributed by atoms with Gasteiger partial charge in [0.2, 0.25) is 0 Å². The first-order valence-corrected chi connectivity index (χ1v) is 6.24. The highest BCUT2D eigenvalue weighted by molar-refractivity contribution is 6.09. The predicted octanol–water partition coefficient (Wildman–Crippen LogP) is 2.39. The summed E-state index contributed by atoms with van der Waals surface area (Å²) >= 11 is 0.